The van der Waals surface area contributed by atoms with Crippen LogP contribution in [0.1, 0.15) is 39.9 Å². The molecule has 0 saturated heterocycles. The van der Waals surface area contributed by atoms with Crippen molar-refractivity contribution < 1.29 is 4.79 Å². The highest BCUT2D eigenvalue weighted by Crippen LogP contribution is 2.16. The van der Waals surface area contributed by atoms with Crippen LogP contribution in [0.4, 0.5) is 0 Å². The third kappa shape index (κ3) is 3.77. The molecule has 1 atom stereocenters. The molecule has 148 valence electrons. The Morgan fingerprint density at radius 3 is 2.93 bits per heavy atom. The molecule has 28 heavy (non-hydrogen) atoms. The lowest BCUT2D eigenvalue weighted by Gasteiger charge is -2.16. The second-order valence-corrected chi connectivity index (χ2v) is 8.52. The summed E-state index contributed by atoms with van der Waals surface area (Å²) >= 11 is 7.53. The van der Waals surface area contributed by atoms with Gasteiger partial charge in [0.2, 0.25) is 0 Å². The van der Waals surface area contributed by atoms with Crippen LogP contribution in [0.25, 0.3) is 0 Å². The van der Waals surface area contributed by atoms with Crippen molar-refractivity contribution >= 4 is 28.8 Å². The Balaban J connectivity index is 1.44. The number of fused-ring (bicyclic) bond motifs is 1. The lowest BCUT2D eigenvalue weighted by molar-refractivity contribution is 0.0924. The molecule has 1 amide bonds. The molecule has 0 saturated carbocycles. The number of thiazole rings is 1. The Morgan fingerprint density at radius 2 is 2.25 bits per heavy atom. The minimum absolute atomic E-state index is 0.0167. The van der Waals surface area contributed by atoms with Crippen LogP contribution in [-0.4, -0.2) is 35.8 Å². The maximum absolute atomic E-state index is 12.7. The van der Waals surface area contributed by atoms with E-state index in [0.717, 1.165) is 22.9 Å². The molecule has 4 heterocycles. The number of carbonyl (C=O) groups is 1. The molecule has 3 aromatic heterocycles. The van der Waals surface area contributed by atoms with Crippen LogP contribution in [0.15, 0.2) is 22.4 Å². The second kappa shape index (κ2) is 7.56. The van der Waals surface area contributed by atoms with E-state index >= 15 is 0 Å². The van der Waals surface area contributed by atoms with Crippen molar-refractivity contribution in [1.29, 1.82) is 0 Å². The van der Waals surface area contributed by atoms with Crippen molar-refractivity contribution in [3.8, 4) is 0 Å². The minimum Gasteiger partial charge on any atom is -0.348 e. The van der Waals surface area contributed by atoms with Gasteiger partial charge in [-0.05, 0) is 25.8 Å². The number of amides is 1. The molecule has 8 nitrogen and oxygen atoms in total. The fourth-order valence-electron chi connectivity index (χ4n) is 3.52. The van der Waals surface area contributed by atoms with Crippen LogP contribution >= 0.6 is 22.9 Å². The number of nitrogens with zero attached hydrogens (tertiary/aromatic N) is 5. The van der Waals surface area contributed by atoms with Gasteiger partial charge < -0.3 is 9.88 Å². The normalized spacial score (nSPS) is 16.6. The number of rotatable bonds is 4. The highest BCUT2D eigenvalue weighted by molar-refractivity contribution is 7.09. The molecule has 4 rings (SSSR count). The molecule has 0 fully saturated rings. The van der Waals surface area contributed by atoms with Crippen molar-refractivity contribution in [3.63, 3.8) is 0 Å². The molecule has 10 heteroatoms. The second-order valence-electron chi connectivity index (χ2n) is 7.02. The molecule has 0 bridgehead atoms. The zero-order valence-corrected chi connectivity index (χ0v) is 17.3. The van der Waals surface area contributed by atoms with E-state index in [1.54, 1.807) is 39.8 Å². The van der Waals surface area contributed by atoms with E-state index in [-0.39, 0.29) is 17.6 Å². The fraction of sp³-hybridized carbons (Fsp3) is 0.444. The van der Waals surface area contributed by atoms with E-state index in [1.807, 2.05) is 12.3 Å². The molecular weight excluding hydrogens is 400 g/mol. The molecule has 3 aromatic rings. The highest BCUT2D eigenvalue weighted by atomic mass is 35.5. The van der Waals surface area contributed by atoms with Gasteiger partial charge in [-0.25, -0.2) is 14.5 Å². The molecule has 1 N–H and O–H groups in total. The van der Waals surface area contributed by atoms with Gasteiger partial charge in [0, 0.05) is 37.6 Å². The van der Waals surface area contributed by atoms with Crippen LogP contribution in [0.5, 0.6) is 0 Å². The number of halogens is 1. The predicted octanol–water partition coefficient (Wildman–Crippen LogP) is 1.98. The third-order valence-corrected chi connectivity index (χ3v) is 5.96. The van der Waals surface area contributed by atoms with E-state index in [4.69, 9.17) is 11.6 Å². The van der Waals surface area contributed by atoms with Gasteiger partial charge in [0.1, 0.15) is 11.5 Å². The monoisotopic (exact) mass is 420 g/mol. The van der Waals surface area contributed by atoms with Crippen LogP contribution in [0.3, 0.4) is 0 Å². The van der Waals surface area contributed by atoms with Gasteiger partial charge in [0.15, 0.2) is 0 Å². The van der Waals surface area contributed by atoms with Crippen LogP contribution in [-0.2, 0) is 26.6 Å². The number of carbonyl (C=O) groups excluding carboxylic acids is 1. The molecule has 1 unspecified atom stereocenters. The van der Waals surface area contributed by atoms with Crippen LogP contribution in [0.2, 0.25) is 5.02 Å². The van der Waals surface area contributed by atoms with Crippen molar-refractivity contribution in [1.82, 2.24) is 29.2 Å². The Morgan fingerprint density at radius 1 is 1.43 bits per heavy atom. The van der Waals surface area contributed by atoms with Gasteiger partial charge in [-0.1, -0.05) is 11.6 Å². The molecule has 0 radical (unpaired) electrons. The van der Waals surface area contributed by atoms with Crippen LogP contribution in [0, 0.1) is 6.92 Å². The van der Waals surface area contributed by atoms with E-state index in [0.29, 0.717) is 36.6 Å². The maximum Gasteiger partial charge on any atom is 0.346 e. The first-order valence-corrected chi connectivity index (χ1v) is 10.4. The third-order valence-electron chi connectivity index (χ3n) is 4.93. The summed E-state index contributed by atoms with van der Waals surface area (Å²) in [5, 5.41) is 11.0. The average Bonchev–Trinajstić information content (AvgIpc) is 3.24. The summed E-state index contributed by atoms with van der Waals surface area (Å²) in [7, 11) is 1.79. The number of hydrogen-bond donors (Lipinski definition) is 1. The Bertz CT molecular complexity index is 1080. The Kier molecular flexibility index (Phi) is 5.11. The van der Waals surface area contributed by atoms with Gasteiger partial charge in [0.05, 0.1) is 22.3 Å². The quantitative estimate of drug-likeness (QED) is 0.699. The average molecular weight is 421 g/mol. The smallest absolute Gasteiger partial charge is 0.346 e. The molecule has 1 aliphatic rings. The van der Waals surface area contributed by atoms with Gasteiger partial charge in [-0.3, -0.25) is 9.36 Å². The zero-order valence-electron chi connectivity index (χ0n) is 15.7. The summed E-state index contributed by atoms with van der Waals surface area (Å²) in [5.41, 5.74) is 1.25. The Hall–Kier alpha value is -2.39. The van der Waals surface area contributed by atoms with Gasteiger partial charge >= 0.3 is 5.69 Å². The molecular formula is C18H21ClN6O2S. The van der Waals surface area contributed by atoms with Gasteiger partial charge in [-0.15, -0.1) is 11.3 Å². The molecule has 0 spiro atoms. The summed E-state index contributed by atoms with van der Waals surface area (Å²) in [4.78, 5) is 29.6. The first-order chi connectivity index (χ1) is 13.4. The molecule has 0 aliphatic carbocycles. The minimum atomic E-state index is -0.157. The van der Waals surface area contributed by atoms with Crippen molar-refractivity contribution in [2.45, 2.75) is 45.3 Å². The highest BCUT2D eigenvalue weighted by Gasteiger charge is 2.23. The van der Waals surface area contributed by atoms with Gasteiger partial charge in [-0.2, -0.15) is 5.10 Å². The lowest BCUT2D eigenvalue weighted by atomic mass is 10.1. The van der Waals surface area contributed by atoms with E-state index in [9.17, 15) is 9.59 Å². The number of hydrogen-bond acceptors (Lipinski definition) is 5. The first-order valence-electron chi connectivity index (χ1n) is 9.11. The topological polar surface area (TPSA) is 86.7 Å². The largest absolute Gasteiger partial charge is 0.348 e. The predicted molar refractivity (Wildman–Crippen MR) is 107 cm³/mol. The van der Waals surface area contributed by atoms with Crippen molar-refractivity contribution in [3.05, 3.63) is 55.4 Å². The summed E-state index contributed by atoms with van der Waals surface area (Å²) in [5.74, 6) is 0.603. The van der Waals surface area contributed by atoms with Gasteiger partial charge in [0.25, 0.3) is 5.91 Å². The maximum atomic E-state index is 12.7. The summed E-state index contributed by atoms with van der Waals surface area (Å²) < 4.78 is 4.90. The number of nitrogens with one attached hydrogen (secondary N) is 1. The Labute approximate surface area is 170 Å². The fourth-order valence-corrected chi connectivity index (χ4v) is 4.37. The number of aryl methyl sites for hydroxylation is 3. The molecule has 1 aliphatic heterocycles. The summed E-state index contributed by atoms with van der Waals surface area (Å²) in [6.07, 6.45) is 3.75. The van der Waals surface area contributed by atoms with Crippen LogP contribution < -0.4 is 11.0 Å². The first kappa shape index (κ1) is 18.9. The van der Waals surface area contributed by atoms with E-state index in [2.05, 4.69) is 15.4 Å². The summed E-state index contributed by atoms with van der Waals surface area (Å²) in [6.45, 7) is 2.86. The standard InChI is InChI=1S/C18H21ClN6O2S/c1-11-20-14(10-28-11)9-25-18(27)24-6-5-13(3-4-16(24)22-25)21-17(26)15-7-12(19)8-23(15)2/h7-8,10,13H,3-6,9H2,1-2H3,(H,21,26). The molecule has 0 aromatic carbocycles. The van der Waals surface area contributed by atoms with E-state index in [1.165, 1.54) is 4.68 Å². The lowest BCUT2D eigenvalue weighted by Crippen LogP contribution is -2.36. The number of aromatic nitrogens is 5. The summed E-state index contributed by atoms with van der Waals surface area (Å²) in [6, 6.07) is 1.63. The van der Waals surface area contributed by atoms with Crippen molar-refractivity contribution in [2.75, 3.05) is 0 Å². The van der Waals surface area contributed by atoms with E-state index < -0.39 is 0 Å². The SMILES string of the molecule is Cc1nc(Cn2nc3n(c2=O)CCC(NC(=O)c2cc(Cl)cn2C)CC3)cs1. The zero-order chi connectivity index (χ0) is 19.8. The van der Waals surface area contributed by atoms with Crippen molar-refractivity contribution in [2.24, 2.45) is 7.05 Å².